The van der Waals surface area contributed by atoms with Crippen molar-refractivity contribution in [2.45, 2.75) is 45.6 Å². The number of anilines is 1. The number of unbranched alkanes of at least 4 members (excludes halogenated alkanes) is 1. The van der Waals surface area contributed by atoms with Crippen molar-refractivity contribution in [1.82, 2.24) is 0 Å². The van der Waals surface area contributed by atoms with Gasteiger partial charge in [-0.15, -0.1) is 0 Å². The Morgan fingerprint density at radius 3 is 2.70 bits per heavy atom. The molecule has 0 fully saturated rings. The first-order valence-corrected chi connectivity index (χ1v) is 7.05. The molecule has 2 rings (SSSR count). The maximum atomic E-state index is 12.6. The molecule has 0 radical (unpaired) electrons. The molecule has 1 heterocycles. The summed E-state index contributed by atoms with van der Waals surface area (Å²) in [5, 5.41) is 10.8. The number of aryl methyl sites for hydroxylation is 1. The molecular weight excluding hydrogens is 254 g/mol. The lowest BCUT2D eigenvalue weighted by Crippen LogP contribution is -2.41. The topological polar surface area (TPSA) is 57.6 Å². The smallest absolute Gasteiger partial charge is 0.264 e. The van der Waals surface area contributed by atoms with Crippen LogP contribution in [-0.2, 0) is 15.2 Å². The number of rotatable bonds is 5. The van der Waals surface area contributed by atoms with Gasteiger partial charge in [0.1, 0.15) is 5.78 Å². The van der Waals surface area contributed by atoms with Crippen molar-refractivity contribution in [2.75, 3.05) is 11.4 Å². The fourth-order valence-electron chi connectivity index (χ4n) is 2.73. The first kappa shape index (κ1) is 14.7. The minimum Gasteiger partial charge on any atom is -0.375 e. The van der Waals surface area contributed by atoms with Crippen LogP contribution < -0.4 is 4.90 Å². The molecule has 1 amide bonds. The fourth-order valence-corrected chi connectivity index (χ4v) is 2.73. The second-order valence-electron chi connectivity index (χ2n) is 5.57. The second kappa shape index (κ2) is 5.37. The summed E-state index contributed by atoms with van der Waals surface area (Å²) in [6, 6.07) is 5.59. The molecule has 20 heavy (non-hydrogen) atoms. The Morgan fingerprint density at radius 1 is 1.40 bits per heavy atom. The second-order valence-corrected chi connectivity index (χ2v) is 5.57. The summed E-state index contributed by atoms with van der Waals surface area (Å²) in [5.74, 6) is -0.563. The molecule has 0 bridgehead atoms. The van der Waals surface area contributed by atoms with Gasteiger partial charge < -0.3 is 10.0 Å². The molecule has 1 atom stereocenters. The lowest BCUT2D eigenvalue weighted by molar-refractivity contribution is -0.141. The normalized spacial score (nSPS) is 21.2. The van der Waals surface area contributed by atoms with Crippen LogP contribution in [0.5, 0.6) is 0 Å². The van der Waals surface area contributed by atoms with Gasteiger partial charge in [-0.2, -0.15) is 0 Å². The first-order valence-electron chi connectivity index (χ1n) is 7.05. The van der Waals surface area contributed by atoms with E-state index in [0.29, 0.717) is 12.1 Å². The maximum Gasteiger partial charge on any atom is 0.264 e. The zero-order valence-electron chi connectivity index (χ0n) is 12.3. The minimum atomic E-state index is -1.69. The van der Waals surface area contributed by atoms with Gasteiger partial charge in [-0.25, -0.2) is 0 Å². The van der Waals surface area contributed by atoms with E-state index < -0.39 is 5.60 Å². The molecular formula is C16H21NO3. The summed E-state index contributed by atoms with van der Waals surface area (Å²) in [5.41, 5.74) is 0.573. The first-order chi connectivity index (χ1) is 9.40. The molecule has 0 aromatic heterocycles. The van der Waals surface area contributed by atoms with Gasteiger partial charge in [-0.1, -0.05) is 31.0 Å². The third kappa shape index (κ3) is 2.36. The van der Waals surface area contributed by atoms with Gasteiger partial charge in [0.15, 0.2) is 5.60 Å². The Kier molecular flexibility index (Phi) is 3.95. The van der Waals surface area contributed by atoms with Crippen LogP contribution in [0.1, 0.15) is 44.2 Å². The number of hydrogen-bond acceptors (Lipinski definition) is 3. The molecule has 1 aliphatic rings. The lowest BCUT2D eigenvalue weighted by Gasteiger charge is -2.22. The van der Waals surface area contributed by atoms with Crippen molar-refractivity contribution < 1.29 is 14.7 Å². The summed E-state index contributed by atoms with van der Waals surface area (Å²) in [4.78, 5) is 25.6. The largest absolute Gasteiger partial charge is 0.375 e. The van der Waals surface area contributed by atoms with Crippen molar-refractivity contribution >= 4 is 17.4 Å². The van der Waals surface area contributed by atoms with Crippen LogP contribution in [0.3, 0.4) is 0 Å². The highest BCUT2D eigenvalue weighted by atomic mass is 16.3. The third-order valence-electron chi connectivity index (χ3n) is 3.73. The molecule has 1 aromatic rings. The highest BCUT2D eigenvalue weighted by molar-refractivity contribution is 6.08. The quantitative estimate of drug-likeness (QED) is 0.897. The highest BCUT2D eigenvalue weighted by Gasteiger charge is 2.50. The minimum absolute atomic E-state index is 0.162. The SMILES string of the molecule is CCCCN1C(=O)C(O)(CC(C)=O)c2cc(C)ccc21. The Labute approximate surface area is 119 Å². The number of amides is 1. The van der Waals surface area contributed by atoms with Crippen LogP contribution >= 0.6 is 0 Å². The van der Waals surface area contributed by atoms with E-state index in [1.54, 1.807) is 4.90 Å². The monoisotopic (exact) mass is 275 g/mol. The number of fused-ring (bicyclic) bond motifs is 1. The number of aliphatic hydroxyl groups is 1. The van der Waals surface area contributed by atoms with E-state index in [4.69, 9.17) is 0 Å². The molecule has 4 nitrogen and oxygen atoms in total. The molecule has 1 aliphatic heterocycles. The number of ketones is 1. The Morgan fingerprint density at radius 2 is 2.10 bits per heavy atom. The van der Waals surface area contributed by atoms with E-state index in [1.165, 1.54) is 6.92 Å². The molecule has 0 saturated heterocycles. The van der Waals surface area contributed by atoms with E-state index in [9.17, 15) is 14.7 Å². The lowest BCUT2D eigenvalue weighted by atomic mass is 9.89. The fraction of sp³-hybridized carbons (Fsp3) is 0.500. The van der Waals surface area contributed by atoms with E-state index in [-0.39, 0.29) is 18.1 Å². The van der Waals surface area contributed by atoms with E-state index >= 15 is 0 Å². The van der Waals surface area contributed by atoms with Crippen molar-refractivity contribution in [3.05, 3.63) is 29.3 Å². The van der Waals surface area contributed by atoms with Crippen LogP contribution in [0.2, 0.25) is 0 Å². The number of Topliss-reactive ketones (excluding diaryl/α,β-unsaturated/α-hetero) is 1. The number of carbonyl (C=O) groups excluding carboxylic acids is 2. The van der Waals surface area contributed by atoms with Gasteiger partial charge in [0.2, 0.25) is 0 Å². The van der Waals surface area contributed by atoms with Crippen molar-refractivity contribution in [1.29, 1.82) is 0 Å². The van der Waals surface area contributed by atoms with Gasteiger partial charge in [0.25, 0.3) is 5.91 Å². The average Bonchev–Trinajstić information content (AvgIpc) is 2.57. The zero-order chi connectivity index (χ0) is 14.9. The molecule has 0 saturated carbocycles. The number of nitrogens with zero attached hydrogens (tertiary/aromatic N) is 1. The standard InChI is InChI=1S/C16H21NO3/c1-4-5-8-17-14-7-6-11(2)9-13(14)16(20,15(17)19)10-12(3)18/h6-7,9,20H,4-5,8,10H2,1-3H3. The Bertz CT molecular complexity index is 553. The van der Waals surface area contributed by atoms with Gasteiger partial charge in [0, 0.05) is 18.5 Å². The molecule has 0 spiro atoms. The molecule has 4 heteroatoms. The van der Waals surface area contributed by atoms with E-state index in [1.807, 2.05) is 25.1 Å². The van der Waals surface area contributed by atoms with Gasteiger partial charge in [0.05, 0.1) is 5.69 Å². The molecule has 0 aliphatic carbocycles. The molecule has 1 N–H and O–H groups in total. The van der Waals surface area contributed by atoms with Crippen LogP contribution in [0, 0.1) is 6.92 Å². The predicted octanol–water partition coefficient (Wildman–Crippen LogP) is 2.31. The van der Waals surface area contributed by atoms with Crippen LogP contribution in [0.15, 0.2) is 18.2 Å². The molecule has 1 unspecified atom stereocenters. The summed E-state index contributed by atoms with van der Waals surface area (Å²) >= 11 is 0. The Balaban J connectivity index is 2.49. The highest BCUT2D eigenvalue weighted by Crippen LogP contribution is 2.43. The summed E-state index contributed by atoms with van der Waals surface area (Å²) < 4.78 is 0. The van der Waals surface area contributed by atoms with E-state index in [2.05, 4.69) is 6.92 Å². The summed E-state index contributed by atoms with van der Waals surface area (Å²) in [6.45, 7) is 5.94. The van der Waals surface area contributed by atoms with Crippen LogP contribution in [-0.4, -0.2) is 23.3 Å². The number of benzene rings is 1. The van der Waals surface area contributed by atoms with Crippen molar-refractivity contribution in [3.63, 3.8) is 0 Å². The van der Waals surface area contributed by atoms with E-state index in [0.717, 1.165) is 24.1 Å². The third-order valence-corrected chi connectivity index (χ3v) is 3.73. The average molecular weight is 275 g/mol. The van der Waals surface area contributed by atoms with Gasteiger partial charge >= 0.3 is 0 Å². The van der Waals surface area contributed by atoms with Gasteiger partial charge in [-0.3, -0.25) is 9.59 Å². The van der Waals surface area contributed by atoms with Crippen molar-refractivity contribution in [3.8, 4) is 0 Å². The number of carbonyl (C=O) groups is 2. The molecule has 108 valence electrons. The zero-order valence-corrected chi connectivity index (χ0v) is 12.3. The predicted molar refractivity (Wildman–Crippen MR) is 77.6 cm³/mol. The molecule has 1 aromatic carbocycles. The van der Waals surface area contributed by atoms with Gasteiger partial charge in [-0.05, 0) is 26.3 Å². The Hall–Kier alpha value is -1.68. The number of hydrogen-bond donors (Lipinski definition) is 1. The van der Waals surface area contributed by atoms with Crippen molar-refractivity contribution in [2.24, 2.45) is 0 Å². The summed E-state index contributed by atoms with van der Waals surface area (Å²) in [7, 11) is 0. The van der Waals surface area contributed by atoms with Crippen LogP contribution in [0.4, 0.5) is 5.69 Å². The summed E-state index contributed by atoms with van der Waals surface area (Å²) in [6.07, 6.45) is 1.68. The van der Waals surface area contributed by atoms with Crippen LogP contribution in [0.25, 0.3) is 0 Å². The maximum absolute atomic E-state index is 12.6.